The Bertz CT molecular complexity index is 533. The summed E-state index contributed by atoms with van der Waals surface area (Å²) in [4.78, 5) is 11.7. The van der Waals surface area contributed by atoms with Crippen LogP contribution in [0.25, 0.3) is 10.9 Å². The zero-order chi connectivity index (χ0) is 11.4. The first-order valence-corrected chi connectivity index (χ1v) is 5.32. The van der Waals surface area contributed by atoms with Gasteiger partial charge in [-0.05, 0) is 19.2 Å². The summed E-state index contributed by atoms with van der Waals surface area (Å²) in [5.74, 6) is 0. The standard InChI is InChI=1S/C12H15N3O/c1-13-8-9-14-15-11-5-3-2-4-10(11)6-7-12(15)16/h2-7,13-14H,8-9H2,1H3. The van der Waals surface area contributed by atoms with Crippen LogP contribution in [-0.2, 0) is 0 Å². The number of nitrogens with one attached hydrogen (secondary N) is 2. The zero-order valence-electron chi connectivity index (χ0n) is 9.23. The van der Waals surface area contributed by atoms with Gasteiger partial charge in [0, 0.05) is 24.5 Å². The molecule has 0 saturated carbocycles. The number of para-hydroxylation sites is 1. The minimum Gasteiger partial charge on any atom is -0.321 e. The van der Waals surface area contributed by atoms with Crippen LogP contribution in [0.1, 0.15) is 0 Å². The van der Waals surface area contributed by atoms with Crippen molar-refractivity contribution < 1.29 is 0 Å². The third-order valence-electron chi connectivity index (χ3n) is 2.45. The van der Waals surface area contributed by atoms with E-state index in [9.17, 15) is 4.79 Å². The molecule has 2 aromatic rings. The van der Waals surface area contributed by atoms with Gasteiger partial charge in [0.2, 0.25) is 0 Å². The molecular weight excluding hydrogens is 202 g/mol. The second kappa shape index (κ2) is 4.81. The Kier molecular flexibility index (Phi) is 3.22. The van der Waals surface area contributed by atoms with Gasteiger partial charge in [0.05, 0.1) is 5.52 Å². The fourth-order valence-electron chi connectivity index (χ4n) is 1.64. The van der Waals surface area contributed by atoms with Crippen molar-refractivity contribution in [3.8, 4) is 0 Å². The molecule has 4 nitrogen and oxygen atoms in total. The number of fused-ring (bicyclic) bond motifs is 1. The van der Waals surface area contributed by atoms with Crippen molar-refractivity contribution in [3.05, 3.63) is 46.8 Å². The van der Waals surface area contributed by atoms with Crippen molar-refractivity contribution in [1.82, 2.24) is 9.99 Å². The summed E-state index contributed by atoms with van der Waals surface area (Å²) in [7, 11) is 1.88. The van der Waals surface area contributed by atoms with E-state index in [1.54, 1.807) is 10.7 Å². The highest BCUT2D eigenvalue weighted by Crippen LogP contribution is 2.09. The van der Waals surface area contributed by atoms with Crippen LogP contribution in [0.15, 0.2) is 41.2 Å². The molecular formula is C12H15N3O. The number of aromatic nitrogens is 1. The molecule has 0 fully saturated rings. The number of rotatable bonds is 4. The lowest BCUT2D eigenvalue weighted by atomic mass is 10.2. The maximum absolute atomic E-state index is 11.7. The molecule has 4 heteroatoms. The quantitative estimate of drug-likeness (QED) is 0.743. The van der Waals surface area contributed by atoms with E-state index in [4.69, 9.17) is 0 Å². The lowest BCUT2D eigenvalue weighted by Crippen LogP contribution is -2.32. The smallest absolute Gasteiger partial charge is 0.269 e. The summed E-state index contributed by atoms with van der Waals surface area (Å²) in [6, 6.07) is 11.2. The Balaban J connectivity index is 2.41. The van der Waals surface area contributed by atoms with Crippen molar-refractivity contribution in [3.63, 3.8) is 0 Å². The third kappa shape index (κ3) is 2.06. The summed E-state index contributed by atoms with van der Waals surface area (Å²) in [6.45, 7) is 1.53. The van der Waals surface area contributed by atoms with Crippen LogP contribution >= 0.6 is 0 Å². The van der Waals surface area contributed by atoms with Gasteiger partial charge in [-0.2, -0.15) is 0 Å². The van der Waals surface area contributed by atoms with Gasteiger partial charge in [0.1, 0.15) is 0 Å². The topological polar surface area (TPSA) is 46.1 Å². The van der Waals surface area contributed by atoms with E-state index in [0.717, 1.165) is 17.4 Å². The average Bonchev–Trinajstić information content (AvgIpc) is 2.32. The Labute approximate surface area is 93.9 Å². The van der Waals surface area contributed by atoms with Crippen molar-refractivity contribution >= 4 is 10.9 Å². The van der Waals surface area contributed by atoms with E-state index in [1.165, 1.54) is 0 Å². The highest BCUT2D eigenvalue weighted by atomic mass is 16.1. The Morgan fingerprint density at radius 2 is 1.94 bits per heavy atom. The molecule has 1 aromatic carbocycles. The summed E-state index contributed by atoms with van der Waals surface area (Å²) >= 11 is 0. The molecule has 1 heterocycles. The Hall–Kier alpha value is -1.81. The van der Waals surface area contributed by atoms with Crippen LogP contribution in [0, 0.1) is 0 Å². The highest BCUT2D eigenvalue weighted by molar-refractivity contribution is 5.78. The van der Waals surface area contributed by atoms with Gasteiger partial charge >= 0.3 is 0 Å². The lowest BCUT2D eigenvalue weighted by molar-refractivity contribution is 0.753. The molecule has 0 atom stereocenters. The lowest BCUT2D eigenvalue weighted by Gasteiger charge is -2.12. The SMILES string of the molecule is CNCCNn1c(=O)ccc2ccccc21. The van der Waals surface area contributed by atoms with Gasteiger partial charge in [-0.1, -0.05) is 18.2 Å². The largest absolute Gasteiger partial charge is 0.321 e. The molecule has 0 spiro atoms. The van der Waals surface area contributed by atoms with Crippen LogP contribution in [-0.4, -0.2) is 24.8 Å². The van der Waals surface area contributed by atoms with E-state index in [2.05, 4.69) is 10.7 Å². The van der Waals surface area contributed by atoms with E-state index in [1.807, 2.05) is 37.4 Å². The molecule has 84 valence electrons. The van der Waals surface area contributed by atoms with E-state index in [-0.39, 0.29) is 5.56 Å². The van der Waals surface area contributed by atoms with Gasteiger partial charge in [-0.15, -0.1) is 0 Å². The minimum absolute atomic E-state index is 0.0326. The molecule has 0 radical (unpaired) electrons. The number of nitrogens with zero attached hydrogens (tertiary/aromatic N) is 1. The average molecular weight is 217 g/mol. The van der Waals surface area contributed by atoms with Crippen LogP contribution < -0.4 is 16.3 Å². The number of pyridine rings is 1. The Morgan fingerprint density at radius 3 is 2.75 bits per heavy atom. The van der Waals surface area contributed by atoms with Gasteiger partial charge in [-0.25, -0.2) is 4.68 Å². The number of hydrogen-bond donors (Lipinski definition) is 2. The summed E-state index contributed by atoms with van der Waals surface area (Å²) in [5.41, 5.74) is 3.97. The van der Waals surface area contributed by atoms with E-state index < -0.39 is 0 Å². The molecule has 2 N–H and O–H groups in total. The number of benzene rings is 1. The fourth-order valence-corrected chi connectivity index (χ4v) is 1.64. The molecule has 0 saturated heterocycles. The van der Waals surface area contributed by atoms with Gasteiger partial charge in [0.25, 0.3) is 5.56 Å². The van der Waals surface area contributed by atoms with E-state index in [0.29, 0.717) is 6.54 Å². The molecule has 0 amide bonds. The second-order valence-electron chi connectivity index (χ2n) is 3.58. The molecule has 16 heavy (non-hydrogen) atoms. The summed E-state index contributed by atoms with van der Waals surface area (Å²) in [6.07, 6.45) is 0. The Morgan fingerprint density at radius 1 is 1.12 bits per heavy atom. The number of likely N-dealkylation sites (N-methyl/N-ethyl adjacent to an activating group) is 1. The second-order valence-corrected chi connectivity index (χ2v) is 3.58. The van der Waals surface area contributed by atoms with Gasteiger partial charge in [0.15, 0.2) is 0 Å². The molecule has 0 aliphatic carbocycles. The van der Waals surface area contributed by atoms with Gasteiger partial charge < -0.3 is 10.7 Å². The predicted molar refractivity (Wildman–Crippen MR) is 66.4 cm³/mol. The zero-order valence-corrected chi connectivity index (χ0v) is 9.23. The van der Waals surface area contributed by atoms with Crippen LogP contribution in [0.5, 0.6) is 0 Å². The van der Waals surface area contributed by atoms with Crippen molar-refractivity contribution in [2.45, 2.75) is 0 Å². The maximum Gasteiger partial charge on any atom is 0.269 e. The fraction of sp³-hybridized carbons (Fsp3) is 0.250. The molecule has 0 unspecified atom stereocenters. The first-order chi connectivity index (χ1) is 7.83. The first kappa shape index (κ1) is 10.7. The number of hydrogen-bond acceptors (Lipinski definition) is 3. The third-order valence-corrected chi connectivity index (χ3v) is 2.45. The maximum atomic E-state index is 11.7. The summed E-state index contributed by atoms with van der Waals surface area (Å²) in [5, 5.41) is 4.08. The van der Waals surface area contributed by atoms with Crippen LogP contribution in [0.4, 0.5) is 0 Å². The minimum atomic E-state index is -0.0326. The van der Waals surface area contributed by atoms with Crippen molar-refractivity contribution in [2.75, 3.05) is 25.6 Å². The monoisotopic (exact) mass is 217 g/mol. The van der Waals surface area contributed by atoms with Crippen molar-refractivity contribution in [2.24, 2.45) is 0 Å². The molecule has 0 aliphatic rings. The van der Waals surface area contributed by atoms with E-state index >= 15 is 0 Å². The highest BCUT2D eigenvalue weighted by Gasteiger charge is 2.00. The predicted octanol–water partition coefficient (Wildman–Crippen LogP) is 0.764. The summed E-state index contributed by atoms with van der Waals surface area (Å²) < 4.78 is 1.59. The molecule has 0 bridgehead atoms. The first-order valence-electron chi connectivity index (χ1n) is 5.32. The molecule has 1 aromatic heterocycles. The van der Waals surface area contributed by atoms with Crippen molar-refractivity contribution in [1.29, 1.82) is 0 Å². The normalized spacial score (nSPS) is 10.6. The molecule has 2 rings (SSSR count). The van der Waals surface area contributed by atoms with Crippen LogP contribution in [0.2, 0.25) is 0 Å². The van der Waals surface area contributed by atoms with Crippen LogP contribution in [0.3, 0.4) is 0 Å². The molecule has 0 aliphatic heterocycles. The van der Waals surface area contributed by atoms with Gasteiger partial charge in [-0.3, -0.25) is 4.79 Å².